The first-order valence-corrected chi connectivity index (χ1v) is 7.05. The van der Waals surface area contributed by atoms with Crippen molar-refractivity contribution in [3.63, 3.8) is 0 Å². The molecule has 0 saturated heterocycles. The molecule has 0 fully saturated rings. The molecule has 6 nitrogen and oxygen atoms in total. The van der Waals surface area contributed by atoms with Crippen LogP contribution in [-0.4, -0.2) is 18.0 Å². The zero-order chi connectivity index (χ0) is 17.5. The predicted octanol–water partition coefficient (Wildman–Crippen LogP) is 2.61. The lowest BCUT2D eigenvalue weighted by atomic mass is 10.1. The Kier molecular flexibility index (Phi) is 5.28. The summed E-state index contributed by atoms with van der Waals surface area (Å²) in [4.78, 5) is 24.1. The quantitative estimate of drug-likeness (QED) is 0.872. The molecule has 0 aliphatic carbocycles. The molecule has 0 unspecified atom stereocenters. The van der Waals surface area contributed by atoms with Gasteiger partial charge in [0.25, 0.3) is 5.91 Å². The Labute approximate surface area is 138 Å². The van der Waals surface area contributed by atoms with Crippen LogP contribution in [0, 0.1) is 22.7 Å². The van der Waals surface area contributed by atoms with Gasteiger partial charge in [-0.3, -0.25) is 4.79 Å². The number of nitriles is 2. The number of nitrogens with one attached hydrogen (secondary N) is 1. The number of hydrogen-bond acceptors (Lipinski definition) is 5. The van der Waals surface area contributed by atoms with E-state index in [-0.39, 0.29) is 5.56 Å². The summed E-state index contributed by atoms with van der Waals surface area (Å²) in [5, 5.41) is 20.2. The first-order chi connectivity index (χ1) is 11.5. The van der Waals surface area contributed by atoms with Crippen LogP contribution in [0.25, 0.3) is 0 Å². The van der Waals surface area contributed by atoms with Crippen molar-refractivity contribution in [1.29, 1.82) is 10.5 Å². The zero-order valence-corrected chi connectivity index (χ0v) is 12.8. The van der Waals surface area contributed by atoms with E-state index in [2.05, 4.69) is 5.32 Å². The highest BCUT2D eigenvalue weighted by atomic mass is 16.5. The Bertz CT molecular complexity index is 845. The Morgan fingerprint density at radius 1 is 1.04 bits per heavy atom. The Hall–Kier alpha value is -3.64. The number of amides is 1. The lowest BCUT2D eigenvalue weighted by Gasteiger charge is -2.13. The summed E-state index contributed by atoms with van der Waals surface area (Å²) < 4.78 is 5.10. The molecule has 1 N–H and O–H groups in total. The number of nitrogens with zero attached hydrogens (tertiary/aromatic N) is 2. The van der Waals surface area contributed by atoms with Crippen LogP contribution in [0.15, 0.2) is 48.5 Å². The second-order valence-electron chi connectivity index (χ2n) is 4.92. The molecule has 0 saturated carbocycles. The summed E-state index contributed by atoms with van der Waals surface area (Å²) in [5.41, 5.74) is 1.50. The van der Waals surface area contributed by atoms with Crippen molar-refractivity contribution < 1.29 is 14.3 Å². The fraction of sp³-hybridized carbons (Fsp3) is 0.111. The van der Waals surface area contributed by atoms with Crippen LogP contribution in [-0.2, 0) is 9.53 Å². The summed E-state index contributed by atoms with van der Waals surface area (Å²) >= 11 is 0. The molecule has 0 heterocycles. The summed E-state index contributed by atoms with van der Waals surface area (Å²) in [5.74, 6) is -1.18. The second-order valence-corrected chi connectivity index (χ2v) is 4.92. The highest BCUT2D eigenvalue weighted by Crippen LogP contribution is 2.11. The van der Waals surface area contributed by atoms with Crippen LogP contribution >= 0.6 is 0 Å². The van der Waals surface area contributed by atoms with Crippen molar-refractivity contribution >= 4 is 17.6 Å². The van der Waals surface area contributed by atoms with E-state index in [1.807, 2.05) is 12.1 Å². The van der Waals surface area contributed by atoms with Crippen molar-refractivity contribution in [2.75, 3.05) is 5.32 Å². The first kappa shape index (κ1) is 16.7. The molecule has 0 aliphatic heterocycles. The van der Waals surface area contributed by atoms with Gasteiger partial charge in [0.15, 0.2) is 6.10 Å². The van der Waals surface area contributed by atoms with Gasteiger partial charge < -0.3 is 10.1 Å². The van der Waals surface area contributed by atoms with Crippen molar-refractivity contribution in [3.05, 3.63) is 65.2 Å². The van der Waals surface area contributed by atoms with Crippen molar-refractivity contribution in [2.45, 2.75) is 13.0 Å². The van der Waals surface area contributed by atoms with Gasteiger partial charge in [0, 0.05) is 5.69 Å². The highest BCUT2D eigenvalue weighted by molar-refractivity contribution is 5.97. The molecule has 2 aromatic rings. The molecule has 0 bridgehead atoms. The number of hydrogen-bond donors (Lipinski definition) is 1. The molecular weight excluding hydrogens is 306 g/mol. The smallest absolute Gasteiger partial charge is 0.338 e. The summed E-state index contributed by atoms with van der Waals surface area (Å²) in [6, 6.07) is 16.3. The van der Waals surface area contributed by atoms with Crippen molar-refractivity contribution in [2.24, 2.45) is 0 Å². The van der Waals surface area contributed by atoms with Gasteiger partial charge >= 0.3 is 5.97 Å². The van der Waals surface area contributed by atoms with E-state index in [9.17, 15) is 9.59 Å². The largest absolute Gasteiger partial charge is 0.449 e. The van der Waals surface area contributed by atoms with Crippen LogP contribution in [0.4, 0.5) is 5.69 Å². The Morgan fingerprint density at radius 2 is 1.71 bits per heavy atom. The van der Waals surface area contributed by atoms with Gasteiger partial charge in [0.2, 0.25) is 0 Å². The predicted molar refractivity (Wildman–Crippen MR) is 85.8 cm³/mol. The van der Waals surface area contributed by atoms with Gasteiger partial charge in [0.1, 0.15) is 0 Å². The number of carbonyl (C=O) groups is 2. The maximum absolute atomic E-state index is 12.1. The molecule has 24 heavy (non-hydrogen) atoms. The van der Waals surface area contributed by atoms with Crippen LogP contribution in [0.1, 0.15) is 28.4 Å². The van der Waals surface area contributed by atoms with Gasteiger partial charge in [-0.05, 0) is 49.4 Å². The molecule has 0 aromatic heterocycles. The molecule has 0 radical (unpaired) electrons. The monoisotopic (exact) mass is 319 g/mol. The van der Waals surface area contributed by atoms with Gasteiger partial charge in [-0.15, -0.1) is 0 Å². The second kappa shape index (κ2) is 7.57. The highest BCUT2D eigenvalue weighted by Gasteiger charge is 2.19. The fourth-order valence-corrected chi connectivity index (χ4v) is 1.87. The minimum absolute atomic E-state index is 0.201. The number of carbonyl (C=O) groups excluding carboxylic acids is 2. The van der Waals surface area contributed by atoms with Gasteiger partial charge in [-0.25, -0.2) is 4.79 Å². The van der Waals surface area contributed by atoms with E-state index in [0.29, 0.717) is 16.8 Å². The van der Waals surface area contributed by atoms with E-state index < -0.39 is 18.0 Å². The normalized spacial score (nSPS) is 10.8. The maximum atomic E-state index is 12.1. The third kappa shape index (κ3) is 4.19. The fourth-order valence-electron chi connectivity index (χ4n) is 1.87. The molecular formula is C18H13N3O3. The lowest BCUT2D eigenvalue weighted by Crippen LogP contribution is -2.30. The first-order valence-electron chi connectivity index (χ1n) is 7.05. The zero-order valence-electron chi connectivity index (χ0n) is 12.8. The third-order valence-electron chi connectivity index (χ3n) is 3.16. The molecule has 1 atom stereocenters. The molecule has 0 aliphatic rings. The van der Waals surface area contributed by atoms with E-state index in [1.165, 1.54) is 19.1 Å². The molecule has 1 amide bonds. The Balaban J connectivity index is 1.98. The summed E-state index contributed by atoms with van der Waals surface area (Å²) in [7, 11) is 0. The molecule has 2 rings (SSSR count). The van der Waals surface area contributed by atoms with Crippen LogP contribution in [0.2, 0.25) is 0 Å². The maximum Gasteiger partial charge on any atom is 0.338 e. The van der Waals surface area contributed by atoms with Crippen LogP contribution in [0.5, 0.6) is 0 Å². The van der Waals surface area contributed by atoms with Crippen molar-refractivity contribution in [1.82, 2.24) is 0 Å². The van der Waals surface area contributed by atoms with E-state index in [0.717, 1.165) is 0 Å². The SMILES string of the molecule is C[C@H](OC(=O)c1cccc(C#N)c1)C(=O)Nc1ccc(C#N)cc1. The minimum Gasteiger partial charge on any atom is -0.449 e. The van der Waals surface area contributed by atoms with E-state index in [1.54, 1.807) is 36.4 Å². The summed E-state index contributed by atoms with van der Waals surface area (Å²) in [6.07, 6.45) is -1.01. The van der Waals surface area contributed by atoms with Gasteiger partial charge in [0.05, 0.1) is 28.8 Å². The molecule has 118 valence electrons. The van der Waals surface area contributed by atoms with Gasteiger partial charge in [-0.1, -0.05) is 6.07 Å². The lowest BCUT2D eigenvalue weighted by molar-refractivity contribution is -0.123. The molecule has 2 aromatic carbocycles. The summed E-state index contributed by atoms with van der Waals surface area (Å²) in [6.45, 7) is 1.45. The molecule has 0 spiro atoms. The number of anilines is 1. The average molecular weight is 319 g/mol. The number of esters is 1. The number of ether oxygens (including phenoxy) is 1. The van der Waals surface area contributed by atoms with Crippen LogP contribution in [0.3, 0.4) is 0 Å². The average Bonchev–Trinajstić information content (AvgIpc) is 2.62. The topological polar surface area (TPSA) is 103 Å². The number of rotatable bonds is 4. The minimum atomic E-state index is -1.01. The van der Waals surface area contributed by atoms with E-state index in [4.69, 9.17) is 15.3 Å². The van der Waals surface area contributed by atoms with Crippen molar-refractivity contribution in [3.8, 4) is 12.1 Å². The van der Waals surface area contributed by atoms with Gasteiger partial charge in [-0.2, -0.15) is 10.5 Å². The standard InChI is InChI=1S/C18H13N3O3/c1-12(17(22)21-16-7-5-13(10-19)6-8-16)24-18(23)15-4-2-3-14(9-15)11-20/h2-9,12H,1H3,(H,21,22)/t12-/m0/s1. The van der Waals surface area contributed by atoms with Crippen LogP contribution < -0.4 is 5.32 Å². The van der Waals surface area contributed by atoms with E-state index >= 15 is 0 Å². The Morgan fingerprint density at radius 3 is 2.33 bits per heavy atom. The number of benzene rings is 2. The third-order valence-corrected chi connectivity index (χ3v) is 3.16. The molecule has 6 heteroatoms.